The van der Waals surface area contributed by atoms with Gasteiger partial charge in [0.1, 0.15) is 24.0 Å². The first-order chi connectivity index (χ1) is 9.99. The van der Waals surface area contributed by atoms with Crippen molar-refractivity contribution >= 4 is 11.7 Å². The number of nitrogen functional groups attached to an aromatic ring is 1. The van der Waals surface area contributed by atoms with Crippen LogP contribution in [0.15, 0.2) is 36.4 Å². The molecule has 0 radical (unpaired) electrons. The molecule has 0 atom stereocenters. The van der Waals surface area contributed by atoms with Gasteiger partial charge in [-0.3, -0.25) is 0 Å². The lowest BCUT2D eigenvalue weighted by Gasteiger charge is -2.10. The van der Waals surface area contributed by atoms with Gasteiger partial charge in [-0.25, -0.2) is 13.6 Å². The Bertz CT molecular complexity index is 654. The molecule has 2 rings (SSSR count). The second kappa shape index (κ2) is 6.21. The van der Waals surface area contributed by atoms with Gasteiger partial charge in [0, 0.05) is 6.07 Å². The van der Waals surface area contributed by atoms with Crippen LogP contribution in [0.1, 0.15) is 15.9 Å². The van der Waals surface area contributed by atoms with Crippen LogP contribution < -0.4 is 10.5 Å². The van der Waals surface area contributed by atoms with Gasteiger partial charge >= 0.3 is 5.97 Å². The highest BCUT2D eigenvalue weighted by Gasteiger charge is 2.09. The monoisotopic (exact) mass is 293 g/mol. The van der Waals surface area contributed by atoms with Crippen LogP contribution in [0.4, 0.5) is 14.5 Å². The van der Waals surface area contributed by atoms with Gasteiger partial charge in [-0.2, -0.15) is 0 Å². The smallest absolute Gasteiger partial charge is 0.337 e. The zero-order valence-electron chi connectivity index (χ0n) is 11.2. The van der Waals surface area contributed by atoms with Gasteiger partial charge in [0.05, 0.1) is 18.4 Å². The highest BCUT2D eigenvalue weighted by atomic mass is 19.1. The van der Waals surface area contributed by atoms with Crippen LogP contribution in [0.5, 0.6) is 5.75 Å². The Morgan fingerprint density at radius 2 is 1.81 bits per heavy atom. The van der Waals surface area contributed by atoms with Crippen LogP contribution in [-0.4, -0.2) is 13.1 Å². The fourth-order valence-corrected chi connectivity index (χ4v) is 1.78. The van der Waals surface area contributed by atoms with Crippen LogP contribution in [0, 0.1) is 11.6 Å². The minimum absolute atomic E-state index is 0.0452. The number of carbonyl (C=O) groups excluding carboxylic acids is 1. The van der Waals surface area contributed by atoms with Gasteiger partial charge in [-0.05, 0) is 35.9 Å². The number of rotatable bonds is 4. The van der Waals surface area contributed by atoms with Gasteiger partial charge in [0.2, 0.25) is 0 Å². The average Bonchev–Trinajstić information content (AvgIpc) is 2.44. The summed E-state index contributed by atoms with van der Waals surface area (Å²) in [5.41, 5.74) is 6.62. The third-order valence-corrected chi connectivity index (χ3v) is 2.75. The van der Waals surface area contributed by atoms with Crippen molar-refractivity contribution in [3.05, 3.63) is 59.2 Å². The molecule has 110 valence electrons. The average molecular weight is 293 g/mol. The molecule has 0 aromatic heterocycles. The molecule has 0 bridgehead atoms. The predicted octanol–water partition coefficient (Wildman–Crippen LogP) is 2.91. The summed E-state index contributed by atoms with van der Waals surface area (Å²) in [6, 6.07) is 7.52. The van der Waals surface area contributed by atoms with E-state index in [1.165, 1.54) is 37.4 Å². The molecule has 21 heavy (non-hydrogen) atoms. The third kappa shape index (κ3) is 3.68. The SMILES string of the molecule is COC(=O)c1ccc(OCc2cc(F)cc(F)c2)c(N)c1. The molecule has 0 heterocycles. The molecular formula is C15H13F2NO3. The Labute approximate surface area is 120 Å². The molecule has 2 N–H and O–H groups in total. The van der Waals surface area contributed by atoms with E-state index in [1.807, 2.05) is 0 Å². The zero-order valence-corrected chi connectivity index (χ0v) is 11.2. The minimum atomic E-state index is -0.678. The zero-order chi connectivity index (χ0) is 15.4. The van der Waals surface area contributed by atoms with Crippen molar-refractivity contribution in [3.63, 3.8) is 0 Å². The molecule has 0 spiro atoms. The van der Waals surface area contributed by atoms with Crippen LogP contribution in [-0.2, 0) is 11.3 Å². The van der Waals surface area contributed by atoms with E-state index in [1.54, 1.807) is 0 Å². The minimum Gasteiger partial charge on any atom is -0.487 e. The van der Waals surface area contributed by atoms with E-state index in [-0.39, 0.29) is 12.3 Å². The van der Waals surface area contributed by atoms with E-state index >= 15 is 0 Å². The Morgan fingerprint density at radius 1 is 1.14 bits per heavy atom. The van der Waals surface area contributed by atoms with Crippen molar-refractivity contribution in [2.75, 3.05) is 12.8 Å². The summed E-state index contributed by atoms with van der Waals surface area (Å²) in [4.78, 5) is 11.3. The first-order valence-corrected chi connectivity index (χ1v) is 6.05. The van der Waals surface area contributed by atoms with Gasteiger partial charge in [-0.1, -0.05) is 0 Å². The van der Waals surface area contributed by atoms with Gasteiger partial charge in [0.25, 0.3) is 0 Å². The number of hydrogen-bond acceptors (Lipinski definition) is 4. The maximum absolute atomic E-state index is 13.0. The van der Waals surface area contributed by atoms with Crippen LogP contribution in [0.2, 0.25) is 0 Å². The van der Waals surface area contributed by atoms with E-state index < -0.39 is 17.6 Å². The molecule has 6 heteroatoms. The number of halogens is 2. The lowest BCUT2D eigenvalue weighted by atomic mass is 10.2. The largest absolute Gasteiger partial charge is 0.487 e. The molecule has 2 aromatic rings. The van der Waals surface area contributed by atoms with Crippen molar-refractivity contribution in [2.45, 2.75) is 6.61 Å². The van der Waals surface area contributed by atoms with E-state index in [0.717, 1.165) is 6.07 Å². The van der Waals surface area contributed by atoms with E-state index in [4.69, 9.17) is 10.5 Å². The Balaban J connectivity index is 2.11. The van der Waals surface area contributed by atoms with E-state index in [9.17, 15) is 13.6 Å². The first-order valence-electron chi connectivity index (χ1n) is 6.05. The summed E-state index contributed by atoms with van der Waals surface area (Å²) in [7, 11) is 1.27. The third-order valence-electron chi connectivity index (χ3n) is 2.75. The summed E-state index contributed by atoms with van der Waals surface area (Å²) >= 11 is 0. The molecule has 0 aliphatic heterocycles. The molecule has 4 nitrogen and oxygen atoms in total. The van der Waals surface area contributed by atoms with Crippen molar-refractivity contribution < 1.29 is 23.0 Å². The highest BCUT2D eigenvalue weighted by molar-refractivity contribution is 5.90. The number of esters is 1. The number of ether oxygens (including phenoxy) is 2. The van der Waals surface area contributed by atoms with Crippen molar-refractivity contribution in [2.24, 2.45) is 0 Å². The summed E-state index contributed by atoms with van der Waals surface area (Å²) < 4.78 is 36.0. The van der Waals surface area contributed by atoms with Gasteiger partial charge < -0.3 is 15.2 Å². The molecule has 0 aliphatic carbocycles. The molecule has 0 saturated carbocycles. The molecule has 0 amide bonds. The molecule has 2 aromatic carbocycles. The predicted molar refractivity (Wildman–Crippen MR) is 72.9 cm³/mol. The molecule has 0 unspecified atom stereocenters. The molecule has 0 saturated heterocycles. The van der Waals surface area contributed by atoms with Crippen LogP contribution in [0.3, 0.4) is 0 Å². The number of methoxy groups -OCH3 is 1. The standard InChI is InChI=1S/C15H13F2NO3/c1-20-15(19)10-2-3-14(13(18)6-10)21-8-9-4-11(16)7-12(17)5-9/h2-7H,8,18H2,1H3. The lowest BCUT2D eigenvalue weighted by molar-refractivity contribution is 0.0600. The maximum Gasteiger partial charge on any atom is 0.337 e. The first kappa shape index (κ1) is 14.8. The van der Waals surface area contributed by atoms with Crippen LogP contribution >= 0.6 is 0 Å². The number of benzene rings is 2. The Morgan fingerprint density at radius 3 is 2.38 bits per heavy atom. The highest BCUT2D eigenvalue weighted by Crippen LogP contribution is 2.24. The maximum atomic E-state index is 13.0. The summed E-state index contributed by atoms with van der Waals surface area (Å²) in [5.74, 6) is -1.56. The lowest BCUT2D eigenvalue weighted by Crippen LogP contribution is -2.04. The number of anilines is 1. The molecular weight excluding hydrogens is 280 g/mol. The summed E-state index contributed by atoms with van der Waals surface area (Å²) in [5, 5.41) is 0. The Hall–Kier alpha value is -2.63. The summed E-state index contributed by atoms with van der Waals surface area (Å²) in [6.07, 6.45) is 0. The second-order valence-corrected chi connectivity index (χ2v) is 4.31. The number of nitrogens with two attached hydrogens (primary N) is 1. The number of hydrogen-bond donors (Lipinski definition) is 1. The van der Waals surface area contributed by atoms with Crippen molar-refractivity contribution in [3.8, 4) is 5.75 Å². The Kier molecular flexibility index (Phi) is 4.37. The van der Waals surface area contributed by atoms with Crippen LogP contribution in [0.25, 0.3) is 0 Å². The van der Waals surface area contributed by atoms with Gasteiger partial charge in [0.15, 0.2) is 0 Å². The number of carbonyl (C=O) groups is 1. The van der Waals surface area contributed by atoms with E-state index in [2.05, 4.69) is 4.74 Å². The normalized spacial score (nSPS) is 10.2. The van der Waals surface area contributed by atoms with E-state index in [0.29, 0.717) is 16.9 Å². The fourth-order valence-electron chi connectivity index (χ4n) is 1.78. The van der Waals surface area contributed by atoms with Crippen molar-refractivity contribution in [1.82, 2.24) is 0 Å². The summed E-state index contributed by atoms with van der Waals surface area (Å²) in [6.45, 7) is -0.0452. The molecule has 0 fully saturated rings. The molecule has 0 aliphatic rings. The second-order valence-electron chi connectivity index (χ2n) is 4.31. The van der Waals surface area contributed by atoms with Crippen molar-refractivity contribution in [1.29, 1.82) is 0 Å². The van der Waals surface area contributed by atoms with Gasteiger partial charge in [-0.15, -0.1) is 0 Å². The quantitative estimate of drug-likeness (QED) is 0.695. The fraction of sp³-hybridized carbons (Fsp3) is 0.133. The topological polar surface area (TPSA) is 61.5 Å².